The van der Waals surface area contributed by atoms with E-state index in [1.165, 1.54) is 30.7 Å². The van der Waals surface area contributed by atoms with Gasteiger partial charge in [-0.2, -0.15) is 13.2 Å². The molecule has 2 aromatic heterocycles. The molecule has 1 aliphatic heterocycles. The Morgan fingerprint density at radius 2 is 1.84 bits per heavy atom. The van der Waals surface area contributed by atoms with E-state index in [9.17, 15) is 27.2 Å². The number of carbonyl (C=O) groups excluding carboxylic acids is 2. The van der Waals surface area contributed by atoms with Crippen LogP contribution in [0.5, 0.6) is 0 Å². The molecule has 37 heavy (non-hydrogen) atoms. The largest absolute Gasteiger partial charge is 0.418 e. The maximum Gasteiger partial charge on any atom is 0.418 e. The van der Waals surface area contributed by atoms with Crippen LogP contribution >= 0.6 is 0 Å². The van der Waals surface area contributed by atoms with E-state index in [4.69, 9.17) is 4.74 Å². The van der Waals surface area contributed by atoms with Gasteiger partial charge in [0.05, 0.1) is 47.5 Å². The van der Waals surface area contributed by atoms with E-state index in [1.54, 1.807) is 6.92 Å². The van der Waals surface area contributed by atoms with Gasteiger partial charge < -0.3 is 20.7 Å². The number of hydrogen-bond acceptors (Lipinski definition) is 7. The van der Waals surface area contributed by atoms with Gasteiger partial charge in [-0.1, -0.05) is 0 Å². The number of alkyl halides is 3. The number of benzene rings is 1. The number of pyridine rings is 1. The van der Waals surface area contributed by atoms with Crippen LogP contribution in [0.25, 0.3) is 0 Å². The molecule has 0 aliphatic carbocycles. The maximum absolute atomic E-state index is 13.3. The molecule has 4 rings (SSSR count). The fraction of sp³-hybridized carbons (Fsp3) is 0.292. The summed E-state index contributed by atoms with van der Waals surface area (Å²) in [6.07, 6.45) is -0.473. The molecule has 13 heteroatoms. The standard InChI is InChI=1S/C24H22F4N6O3/c1-14-29-9-15(10-30-14)21(35)34-23(6-7-37-13-23)22(36)32-11-17-3-4-18(12-31-17)33-20-5-2-16(25)8-19(20)24(26,27)28/h2-5,8-10,12,33H,6-7,11,13H2,1H3,(H,32,36)(H,34,35). The Balaban J connectivity index is 1.39. The van der Waals surface area contributed by atoms with Gasteiger partial charge in [-0.3, -0.25) is 14.6 Å². The number of amides is 2. The van der Waals surface area contributed by atoms with Crippen molar-refractivity contribution in [3.05, 3.63) is 77.4 Å². The highest BCUT2D eigenvalue weighted by Crippen LogP contribution is 2.36. The van der Waals surface area contributed by atoms with E-state index >= 15 is 0 Å². The van der Waals surface area contributed by atoms with E-state index in [0.29, 0.717) is 17.6 Å². The molecule has 3 aromatic rings. The van der Waals surface area contributed by atoms with E-state index in [1.807, 2.05) is 0 Å². The highest BCUT2D eigenvalue weighted by molar-refractivity contribution is 5.99. The average Bonchev–Trinajstić information content (AvgIpc) is 3.34. The first kappa shape index (κ1) is 25.9. The summed E-state index contributed by atoms with van der Waals surface area (Å²) in [5.74, 6) is -1.50. The number of hydrogen-bond donors (Lipinski definition) is 3. The summed E-state index contributed by atoms with van der Waals surface area (Å²) < 4.78 is 58.3. The molecule has 1 unspecified atom stereocenters. The molecule has 194 valence electrons. The molecule has 2 amide bonds. The number of nitrogens with zero attached hydrogens (tertiary/aromatic N) is 3. The first-order valence-electron chi connectivity index (χ1n) is 11.1. The lowest BCUT2D eigenvalue weighted by Crippen LogP contribution is -2.59. The van der Waals surface area contributed by atoms with Gasteiger partial charge in [-0.05, 0) is 37.3 Å². The van der Waals surface area contributed by atoms with Gasteiger partial charge in [0.2, 0.25) is 5.91 Å². The summed E-state index contributed by atoms with van der Waals surface area (Å²) in [4.78, 5) is 37.8. The molecule has 1 aromatic carbocycles. The number of carbonyl (C=O) groups is 2. The van der Waals surface area contributed by atoms with Gasteiger partial charge in [0.1, 0.15) is 17.2 Å². The number of aryl methyl sites for hydroxylation is 1. The predicted octanol–water partition coefficient (Wildman–Crippen LogP) is 3.29. The van der Waals surface area contributed by atoms with Gasteiger partial charge in [0, 0.05) is 25.4 Å². The first-order valence-corrected chi connectivity index (χ1v) is 11.1. The number of anilines is 2. The third-order valence-electron chi connectivity index (χ3n) is 5.67. The third-order valence-corrected chi connectivity index (χ3v) is 5.67. The monoisotopic (exact) mass is 518 g/mol. The zero-order valence-electron chi connectivity index (χ0n) is 19.5. The van der Waals surface area contributed by atoms with Crippen molar-refractivity contribution in [3.63, 3.8) is 0 Å². The second-order valence-electron chi connectivity index (χ2n) is 8.39. The molecule has 3 N–H and O–H groups in total. The van der Waals surface area contributed by atoms with Crippen molar-refractivity contribution >= 4 is 23.2 Å². The normalized spacial score (nSPS) is 17.3. The molecular weight excluding hydrogens is 496 g/mol. The number of rotatable bonds is 7. The number of aromatic nitrogens is 3. The van der Waals surface area contributed by atoms with Crippen LogP contribution in [0, 0.1) is 12.7 Å². The van der Waals surface area contributed by atoms with Crippen molar-refractivity contribution < 1.29 is 31.9 Å². The fourth-order valence-electron chi connectivity index (χ4n) is 3.66. The minimum Gasteiger partial charge on any atom is -0.378 e. The zero-order valence-corrected chi connectivity index (χ0v) is 19.5. The molecule has 0 radical (unpaired) electrons. The Bertz CT molecular complexity index is 1280. The topological polar surface area (TPSA) is 118 Å². The SMILES string of the molecule is Cc1ncc(C(=O)NC2(C(=O)NCc3ccc(Nc4ccc(F)cc4C(F)(F)F)cn3)CCOC2)cn1. The van der Waals surface area contributed by atoms with Crippen LogP contribution in [-0.4, -0.2) is 45.5 Å². The molecular formula is C24H22F4N6O3. The van der Waals surface area contributed by atoms with Crippen molar-refractivity contribution in [1.29, 1.82) is 0 Å². The highest BCUT2D eigenvalue weighted by Gasteiger charge is 2.44. The summed E-state index contributed by atoms with van der Waals surface area (Å²) in [5.41, 5.74) is -1.91. The second kappa shape index (κ2) is 10.5. The molecule has 3 heterocycles. The molecule has 1 aliphatic rings. The molecule has 1 atom stereocenters. The Labute approximate surface area is 208 Å². The van der Waals surface area contributed by atoms with Crippen molar-refractivity contribution in [1.82, 2.24) is 25.6 Å². The molecule has 0 spiro atoms. The van der Waals surface area contributed by atoms with Crippen molar-refractivity contribution in [3.8, 4) is 0 Å². The summed E-state index contributed by atoms with van der Waals surface area (Å²) >= 11 is 0. The first-order chi connectivity index (χ1) is 17.6. The molecule has 9 nitrogen and oxygen atoms in total. The highest BCUT2D eigenvalue weighted by atomic mass is 19.4. The average molecular weight is 518 g/mol. The number of ether oxygens (including phenoxy) is 1. The van der Waals surface area contributed by atoms with Crippen LogP contribution in [0.4, 0.5) is 28.9 Å². The quantitative estimate of drug-likeness (QED) is 0.411. The van der Waals surface area contributed by atoms with Crippen molar-refractivity contribution in [2.24, 2.45) is 0 Å². The van der Waals surface area contributed by atoms with Gasteiger partial charge in [0.25, 0.3) is 5.91 Å². The molecule has 1 saturated heterocycles. The second-order valence-corrected chi connectivity index (χ2v) is 8.39. The summed E-state index contributed by atoms with van der Waals surface area (Å²) in [6, 6.07) is 5.31. The van der Waals surface area contributed by atoms with Crippen LogP contribution < -0.4 is 16.0 Å². The minimum absolute atomic E-state index is 0.00523. The van der Waals surface area contributed by atoms with E-state index in [0.717, 1.165) is 12.1 Å². The smallest absolute Gasteiger partial charge is 0.378 e. The van der Waals surface area contributed by atoms with E-state index in [-0.39, 0.29) is 43.1 Å². The van der Waals surface area contributed by atoms with Gasteiger partial charge in [-0.25, -0.2) is 14.4 Å². The zero-order chi connectivity index (χ0) is 26.6. The van der Waals surface area contributed by atoms with Crippen molar-refractivity contribution in [2.45, 2.75) is 31.6 Å². The molecule has 0 saturated carbocycles. The summed E-state index contributed by atoms with van der Waals surface area (Å²) in [5, 5.41) is 8.01. The number of nitrogens with one attached hydrogen (secondary N) is 3. The third kappa shape index (κ3) is 6.17. The van der Waals surface area contributed by atoms with Crippen LogP contribution in [0.15, 0.2) is 48.9 Å². The van der Waals surface area contributed by atoms with E-state index in [2.05, 4.69) is 30.9 Å². The predicted molar refractivity (Wildman–Crippen MR) is 123 cm³/mol. The Kier molecular flexibility index (Phi) is 7.34. The van der Waals surface area contributed by atoms with Crippen molar-refractivity contribution in [2.75, 3.05) is 18.5 Å². The van der Waals surface area contributed by atoms with Gasteiger partial charge in [-0.15, -0.1) is 0 Å². The fourth-order valence-corrected chi connectivity index (χ4v) is 3.66. The number of halogens is 4. The minimum atomic E-state index is -4.75. The lowest BCUT2D eigenvalue weighted by molar-refractivity contribution is -0.137. The Morgan fingerprint density at radius 1 is 1.08 bits per heavy atom. The Morgan fingerprint density at radius 3 is 2.46 bits per heavy atom. The van der Waals surface area contributed by atoms with E-state index < -0.39 is 34.9 Å². The Hall–Kier alpha value is -4.13. The molecule has 0 bridgehead atoms. The molecule has 1 fully saturated rings. The maximum atomic E-state index is 13.3. The van der Waals surface area contributed by atoms with Gasteiger partial charge in [0.15, 0.2) is 0 Å². The summed E-state index contributed by atoms with van der Waals surface area (Å²) in [6.45, 7) is 1.93. The van der Waals surface area contributed by atoms with Crippen LogP contribution in [-0.2, 0) is 22.3 Å². The van der Waals surface area contributed by atoms with Gasteiger partial charge >= 0.3 is 6.18 Å². The van der Waals surface area contributed by atoms with Crippen LogP contribution in [0.1, 0.15) is 33.9 Å². The summed E-state index contributed by atoms with van der Waals surface area (Å²) in [7, 11) is 0. The van der Waals surface area contributed by atoms with Crippen LogP contribution in [0.2, 0.25) is 0 Å². The lowest BCUT2D eigenvalue weighted by Gasteiger charge is -2.27. The van der Waals surface area contributed by atoms with Crippen LogP contribution in [0.3, 0.4) is 0 Å². The lowest BCUT2D eigenvalue weighted by atomic mass is 9.96.